The van der Waals surface area contributed by atoms with Crippen LogP contribution in [0.1, 0.15) is 22.0 Å². The monoisotopic (exact) mass is 270 g/mol. The molecule has 0 aliphatic carbocycles. The van der Waals surface area contributed by atoms with Crippen LogP contribution in [-0.4, -0.2) is 21.8 Å². The van der Waals surface area contributed by atoms with Gasteiger partial charge in [0.2, 0.25) is 11.6 Å². The predicted molar refractivity (Wildman–Crippen MR) is 68.9 cm³/mol. The highest BCUT2D eigenvalue weighted by atomic mass is 16.5. The van der Waals surface area contributed by atoms with E-state index in [0.29, 0.717) is 5.75 Å². The number of phenols is 2. The zero-order chi connectivity index (χ0) is 14.3. The first-order valence-electron chi connectivity index (χ1n) is 5.94. The van der Waals surface area contributed by atoms with Gasteiger partial charge in [-0.2, -0.15) is 0 Å². The number of carbonyl (C=O) groups is 2. The zero-order valence-corrected chi connectivity index (χ0v) is 10.2. The molecule has 1 unspecified atom stereocenters. The Kier molecular flexibility index (Phi) is 2.68. The molecule has 0 radical (unpaired) electrons. The van der Waals surface area contributed by atoms with E-state index in [-0.39, 0.29) is 22.6 Å². The van der Waals surface area contributed by atoms with Gasteiger partial charge in [-0.05, 0) is 24.3 Å². The van der Waals surface area contributed by atoms with E-state index in [4.69, 9.17) is 4.74 Å². The number of phenolic OH excluding ortho intramolecular Hbond substituents is 2. The highest BCUT2D eigenvalue weighted by molar-refractivity contribution is 6.46. The first kappa shape index (κ1) is 12.2. The van der Waals surface area contributed by atoms with Crippen molar-refractivity contribution in [2.24, 2.45) is 0 Å². The SMILES string of the molecule is O=C1C(=O)C(c2ccc(O)cc2O)Oc2ccccc21. The Morgan fingerprint density at radius 2 is 1.75 bits per heavy atom. The smallest absolute Gasteiger partial charge is 0.248 e. The molecule has 1 aliphatic heterocycles. The van der Waals surface area contributed by atoms with E-state index in [1.54, 1.807) is 18.2 Å². The van der Waals surface area contributed by atoms with Crippen molar-refractivity contribution in [3.63, 3.8) is 0 Å². The lowest BCUT2D eigenvalue weighted by atomic mass is 9.94. The molecule has 1 aliphatic rings. The minimum atomic E-state index is -1.20. The van der Waals surface area contributed by atoms with E-state index in [1.165, 1.54) is 18.2 Å². The van der Waals surface area contributed by atoms with Crippen LogP contribution in [0.3, 0.4) is 0 Å². The molecule has 100 valence electrons. The molecule has 0 amide bonds. The summed E-state index contributed by atoms with van der Waals surface area (Å²) >= 11 is 0. The van der Waals surface area contributed by atoms with Gasteiger partial charge in [0, 0.05) is 11.6 Å². The molecule has 5 heteroatoms. The van der Waals surface area contributed by atoms with Gasteiger partial charge < -0.3 is 14.9 Å². The second-order valence-corrected chi connectivity index (χ2v) is 4.43. The summed E-state index contributed by atoms with van der Waals surface area (Å²) in [5.74, 6) is -1.53. The van der Waals surface area contributed by atoms with Gasteiger partial charge in [-0.15, -0.1) is 0 Å². The van der Waals surface area contributed by atoms with Gasteiger partial charge in [0.25, 0.3) is 0 Å². The largest absolute Gasteiger partial charge is 0.508 e. The normalized spacial score (nSPS) is 17.5. The van der Waals surface area contributed by atoms with E-state index in [2.05, 4.69) is 0 Å². The molecule has 2 N–H and O–H groups in total. The van der Waals surface area contributed by atoms with Crippen molar-refractivity contribution < 1.29 is 24.5 Å². The van der Waals surface area contributed by atoms with Crippen molar-refractivity contribution >= 4 is 11.6 Å². The number of hydrogen-bond donors (Lipinski definition) is 2. The third-order valence-corrected chi connectivity index (χ3v) is 3.13. The molecule has 2 aromatic carbocycles. The van der Waals surface area contributed by atoms with Gasteiger partial charge in [0.1, 0.15) is 17.2 Å². The topological polar surface area (TPSA) is 83.8 Å². The third kappa shape index (κ3) is 1.80. The summed E-state index contributed by atoms with van der Waals surface area (Å²) < 4.78 is 5.51. The number of benzene rings is 2. The molecule has 3 rings (SSSR count). The van der Waals surface area contributed by atoms with E-state index >= 15 is 0 Å². The number of aromatic hydroxyl groups is 2. The third-order valence-electron chi connectivity index (χ3n) is 3.13. The summed E-state index contributed by atoms with van der Waals surface area (Å²) in [7, 11) is 0. The van der Waals surface area contributed by atoms with Crippen LogP contribution < -0.4 is 4.74 Å². The quantitative estimate of drug-likeness (QED) is 0.774. The first-order valence-corrected chi connectivity index (χ1v) is 5.94. The van der Waals surface area contributed by atoms with Crippen molar-refractivity contribution in [1.29, 1.82) is 0 Å². The number of carbonyl (C=O) groups excluding carboxylic acids is 2. The second kappa shape index (κ2) is 4.38. The van der Waals surface area contributed by atoms with Crippen LogP contribution in [0.4, 0.5) is 0 Å². The van der Waals surface area contributed by atoms with Crippen LogP contribution in [0.5, 0.6) is 17.2 Å². The maximum absolute atomic E-state index is 12.1. The van der Waals surface area contributed by atoms with E-state index in [1.807, 2.05) is 0 Å². The standard InChI is InChI=1S/C15H10O5/c16-8-5-6-9(11(17)7-8)15-14(19)13(18)10-3-1-2-4-12(10)20-15/h1-7,15-17H. The Morgan fingerprint density at radius 3 is 2.50 bits per heavy atom. The Balaban J connectivity index is 2.08. The lowest BCUT2D eigenvalue weighted by molar-refractivity contribution is -0.122. The van der Waals surface area contributed by atoms with Gasteiger partial charge in [-0.3, -0.25) is 9.59 Å². The Labute approximate surface area is 114 Å². The fourth-order valence-electron chi connectivity index (χ4n) is 2.15. The van der Waals surface area contributed by atoms with Gasteiger partial charge in [0.15, 0.2) is 6.10 Å². The fraction of sp³-hybridized carbons (Fsp3) is 0.0667. The predicted octanol–water partition coefficient (Wildman–Crippen LogP) is 1.98. The molecule has 0 saturated carbocycles. The van der Waals surface area contributed by atoms with E-state index in [0.717, 1.165) is 6.07 Å². The lowest BCUT2D eigenvalue weighted by Gasteiger charge is -2.24. The lowest BCUT2D eigenvalue weighted by Crippen LogP contribution is -2.31. The molecule has 1 heterocycles. The number of para-hydroxylation sites is 1. The molecular weight excluding hydrogens is 260 g/mol. The highest BCUT2D eigenvalue weighted by Crippen LogP contribution is 2.36. The van der Waals surface area contributed by atoms with Crippen LogP contribution in [0.25, 0.3) is 0 Å². The van der Waals surface area contributed by atoms with Gasteiger partial charge in [0.05, 0.1) is 5.56 Å². The van der Waals surface area contributed by atoms with Crippen LogP contribution in [0.2, 0.25) is 0 Å². The molecule has 0 spiro atoms. The summed E-state index contributed by atoms with van der Waals surface area (Å²) in [5, 5.41) is 19.1. The molecule has 0 bridgehead atoms. The Hall–Kier alpha value is -2.82. The minimum Gasteiger partial charge on any atom is -0.508 e. The molecule has 0 fully saturated rings. The summed E-state index contributed by atoms with van der Waals surface area (Å²) in [5.41, 5.74) is 0.364. The number of Topliss-reactive ketones (excluding diaryl/α,β-unsaturated/α-hetero) is 2. The van der Waals surface area contributed by atoms with Crippen LogP contribution in [-0.2, 0) is 4.79 Å². The van der Waals surface area contributed by atoms with Crippen molar-refractivity contribution in [3.8, 4) is 17.2 Å². The molecule has 1 atom stereocenters. The molecule has 20 heavy (non-hydrogen) atoms. The number of ether oxygens (including phenoxy) is 1. The van der Waals surface area contributed by atoms with Crippen LogP contribution >= 0.6 is 0 Å². The van der Waals surface area contributed by atoms with Gasteiger partial charge >= 0.3 is 0 Å². The molecule has 0 aromatic heterocycles. The molecular formula is C15H10O5. The average Bonchev–Trinajstić information content (AvgIpc) is 2.43. The van der Waals surface area contributed by atoms with Crippen molar-refractivity contribution in [2.75, 3.05) is 0 Å². The highest BCUT2D eigenvalue weighted by Gasteiger charge is 2.37. The summed E-state index contributed by atoms with van der Waals surface area (Å²) in [6.07, 6.45) is -1.20. The molecule has 5 nitrogen and oxygen atoms in total. The number of ketones is 2. The van der Waals surface area contributed by atoms with Crippen LogP contribution in [0.15, 0.2) is 42.5 Å². The molecule has 0 saturated heterocycles. The van der Waals surface area contributed by atoms with Gasteiger partial charge in [-0.1, -0.05) is 12.1 Å². The Bertz CT molecular complexity index is 720. The average molecular weight is 270 g/mol. The van der Waals surface area contributed by atoms with Crippen LogP contribution in [0, 0.1) is 0 Å². The molecule has 2 aromatic rings. The van der Waals surface area contributed by atoms with E-state index < -0.39 is 17.7 Å². The number of hydrogen-bond acceptors (Lipinski definition) is 5. The summed E-state index contributed by atoms with van der Waals surface area (Å²) in [6.45, 7) is 0. The summed E-state index contributed by atoms with van der Waals surface area (Å²) in [4.78, 5) is 24.1. The summed E-state index contributed by atoms with van der Waals surface area (Å²) in [6, 6.07) is 10.2. The van der Waals surface area contributed by atoms with Crippen molar-refractivity contribution in [3.05, 3.63) is 53.6 Å². The Morgan fingerprint density at radius 1 is 1.00 bits per heavy atom. The van der Waals surface area contributed by atoms with Crippen molar-refractivity contribution in [2.45, 2.75) is 6.10 Å². The minimum absolute atomic E-state index is 0.138. The maximum Gasteiger partial charge on any atom is 0.248 e. The fourth-order valence-corrected chi connectivity index (χ4v) is 2.15. The van der Waals surface area contributed by atoms with E-state index in [9.17, 15) is 19.8 Å². The maximum atomic E-state index is 12.1. The number of rotatable bonds is 1. The van der Waals surface area contributed by atoms with Crippen molar-refractivity contribution in [1.82, 2.24) is 0 Å². The van der Waals surface area contributed by atoms with Gasteiger partial charge in [-0.25, -0.2) is 0 Å². The second-order valence-electron chi connectivity index (χ2n) is 4.43. The first-order chi connectivity index (χ1) is 9.58. The number of fused-ring (bicyclic) bond motifs is 1. The zero-order valence-electron chi connectivity index (χ0n) is 10.2.